The Morgan fingerprint density at radius 3 is 2.33 bits per heavy atom. The average molecular weight is 560 g/mol. The van der Waals surface area contributed by atoms with E-state index >= 15 is 0 Å². The van der Waals surface area contributed by atoms with Crippen molar-refractivity contribution in [2.45, 2.75) is 20.8 Å². The third-order valence-corrected chi connectivity index (χ3v) is 6.93. The third kappa shape index (κ3) is 7.09. The number of anilines is 2. The fraction of sp³-hybridized carbons (Fsp3) is 0.200. The molecular weight excluding hydrogens is 530 g/mol. The van der Waals surface area contributed by atoms with E-state index in [0.29, 0.717) is 28.4 Å². The van der Waals surface area contributed by atoms with Crippen LogP contribution >= 0.6 is 11.8 Å². The molecule has 0 aromatic heterocycles. The summed E-state index contributed by atoms with van der Waals surface area (Å²) in [4.78, 5) is 51.4. The number of carbonyl (C=O) groups is 4. The van der Waals surface area contributed by atoms with Gasteiger partial charge in [0.05, 0.1) is 12.0 Å². The number of benzene rings is 3. The topological polar surface area (TPSA) is 114 Å². The van der Waals surface area contributed by atoms with Crippen molar-refractivity contribution in [2.75, 3.05) is 30.9 Å². The van der Waals surface area contributed by atoms with Gasteiger partial charge in [-0.3, -0.25) is 24.1 Å². The summed E-state index contributed by atoms with van der Waals surface area (Å²) in [7, 11) is 1.46. The molecule has 9 nitrogen and oxygen atoms in total. The molecule has 10 heteroatoms. The number of carbonyl (C=O) groups excluding carboxylic acids is 4. The first kappa shape index (κ1) is 28.4. The highest BCUT2D eigenvalue weighted by atomic mass is 32.2. The first-order chi connectivity index (χ1) is 19.1. The maximum Gasteiger partial charge on any atom is 0.294 e. The molecule has 3 aromatic rings. The van der Waals surface area contributed by atoms with Crippen molar-refractivity contribution >= 4 is 52.2 Å². The van der Waals surface area contributed by atoms with E-state index in [0.717, 1.165) is 33.4 Å². The van der Waals surface area contributed by atoms with E-state index < -0.39 is 23.6 Å². The minimum atomic E-state index is -0.557. The van der Waals surface area contributed by atoms with Crippen LogP contribution in [-0.2, 0) is 14.4 Å². The summed E-state index contributed by atoms with van der Waals surface area (Å²) < 4.78 is 11.0. The number of hydrogen-bond acceptors (Lipinski definition) is 7. The van der Waals surface area contributed by atoms with E-state index in [1.165, 1.54) is 7.11 Å². The molecule has 0 bridgehead atoms. The first-order valence-electron chi connectivity index (χ1n) is 12.4. The summed E-state index contributed by atoms with van der Waals surface area (Å²) in [6.07, 6.45) is 1.55. The van der Waals surface area contributed by atoms with Gasteiger partial charge in [0.15, 0.2) is 18.1 Å². The molecule has 1 saturated heterocycles. The van der Waals surface area contributed by atoms with Crippen LogP contribution in [-0.4, -0.2) is 48.1 Å². The molecule has 0 spiro atoms. The Morgan fingerprint density at radius 1 is 0.875 bits per heavy atom. The third-order valence-electron chi connectivity index (χ3n) is 6.02. The summed E-state index contributed by atoms with van der Waals surface area (Å²) in [5.74, 6) is -0.658. The smallest absolute Gasteiger partial charge is 0.294 e. The van der Waals surface area contributed by atoms with E-state index in [1.54, 1.807) is 24.3 Å². The minimum absolute atomic E-state index is 0.178. The summed E-state index contributed by atoms with van der Waals surface area (Å²) in [5.41, 5.74) is 4.82. The van der Waals surface area contributed by atoms with Crippen molar-refractivity contribution in [1.29, 1.82) is 0 Å². The first-order valence-corrected chi connectivity index (χ1v) is 13.2. The number of ether oxygens (including phenoxy) is 2. The number of rotatable bonds is 9. The van der Waals surface area contributed by atoms with Crippen LogP contribution in [0.15, 0.2) is 65.6 Å². The molecule has 0 saturated carbocycles. The standard InChI is InChI=1S/C30H29N3O6S/c1-18-6-10-22(11-7-18)31-28(35)17-39-24-12-9-21(14-25(24)38-4)15-26-29(36)33(30(37)40-26)16-27(34)32-23-13-19(2)5-8-20(23)3/h5-15H,16-17H2,1-4H3,(H,31,35)(H,32,34)/b26-15+. The quantitative estimate of drug-likeness (QED) is 0.342. The maximum atomic E-state index is 12.9. The number of aryl methyl sites for hydroxylation is 3. The van der Waals surface area contributed by atoms with Crippen LogP contribution in [0.25, 0.3) is 6.08 Å². The highest BCUT2D eigenvalue weighted by molar-refractivity contribution is 8.18. The SMILES string of the molecule is COc1cc(/C=C2/SC(=O)N(CC(=O)Nc3cc(C)ccc3C)C2=O)ccc1OCC(=O)Nc1ccc(C)cc1. The maximum absolute atomic E-state index is 12.9. The summed E-state index contributed by atoms with van der Waals surface area (Å²) >= 11 is 0.758. The highest BCUT2D eigenvalue weighted by Crippen LogP contribution is 2.34. The summed E-state index contributed by atoms with van der Waals surface area (Å²) in [6, 6.07) is 18.0. The number of methoxy groups -OCH3 is 1. The Morgan fingerprint density at radius 2 is 1.60 bits per heavy atom. The molecule has 1 fully saturated rings. The zero-order chi connectivity index (χ0) is 28.8. The molecule has 1 aliphatic heterocycles. The number of thioether (sulfide) groups is 1. The van der Waals surface area contributed by atoms with Gasteiger partial charge in [0.2, 0.25) is 5.91 Å². The predicted molar refractivity (Wildman–Crippen MR) is 156 cm³/mol. The molecule has 2 N–H and O–H groups in total. The van der Waals surface area contributed by atoms with Crippen LogP contribution in [0.3, 0.4) is 0 Å². The second-order valence-electron chi connectivity index (χ2n) is 9.25. The Bertz CT molecular complexity index is 1500. The lowest BCUT2D eigenvalue weighted by Gasteiger charge is -2.14. The Labute approximate surface area is 236 Å². The number of nitrogens with zero attached hydrogens (tertiary/aromatic N) is 1. The molecule has 40 heavy (non-hydrogen) atoms. The fourth-order valence-electron chi connectivity index (χ4n) is 3.86. The Hall–Kier alpha value is -4.57. The number of hydrogen-bond donors (Lipinski definition) is 2. The van der Waals surface area contributed by atoms with E-state index in [9.17, 15) is 19.2 Å². The lowest BCUT2D eigenvalue weighted by molar-refractivity contribution is -0.127. The van der Waals surface area contributed by atoms with Crippen LogP contribution in [0.2, 0.25) is 0 Å². The molecule has 4 amide bonds. The van der Waals surface area contributed by atoms with Gasteiger partial charge in [0.1, 0.15) is 6.54 Å². The van der Waals surface area contributed by atoms with Crippen molar-refractivity contribution in [3.05, 3.63) is 87.8 Å². The lowest BCUT2D eigenvalue weighted by Crippen LogP contribution is -2.36. The van der Waals surface area contributed by atoms with Crippen LogP contribution in [0.1, 0.15) is 22.3 Å². The summed E-state index contributed by atoms with van der Waals surface area (Å²) in [5, 5.41) is 5.00. The van der Waals surface area contributed by atoms with Crippen molar-refractivity contribution < 1.29 is 28.7 Å². The molecule has 0 radical (unpaired) electrons. The molecule has 0 atom stereocenters. The number of imide groups is 1. The normalized spacial score (nSPS) is 13.9. The van der Waals surface area contributed by atoms with Gasteiger partial charge in [-0.2, -0.15) is 0 Å². The molecule has 206 valence electrons. The van der Waals surface area contributed by atoms with Crippen LogP contribution in [0, 0.1) is 20.8 Å². The largest absolute Gasteiger partial charge is 0.493 e. The Kier molecular flexibility index (Phi) is 8.90. The van der Waals surface area contributed by atoms with Crippen LogP contribution in [0.5, 0.6) is 11.5 Å². The van der Waals surface area contributed by atoms with Gasteiger partial charge in [-0.15, -0.1) is 0 Å². The second-order valence-corrected chi connectivity index (χ2v) is 10.2. The van der Waals surface area contributed by atoms with E-state index in [-0.39, 0.29) is 17.4 Å². The summed E-state index contributed by atoms with van der Waals surface area (Å²) in [6.45, 7) is 5.11. The van der Waals surface area contributed by atoms with Gasteiger partial charge in [0, 0.05) is 11.4 Å². The van der Waals surface area contributed by atoms with Crippen molar-refractivity contribution in [3.8, 4) is 11.5 Å². The number of nitrogens with one attached hydrogen (secondary N) is 2. The van der Waals surface area contributed by atoms with Gasteiger partial charge < -0.3 is 20.1 Å². The Balaban J connectivity index is 1.38. The van der Waals surface area contributed by atoms with Gasteiger partial charge >= 0.3 is 0 Å². The van der Waals surface area contributed by atoms with Gasteiger partial charge in [-0.05, 0) is 85.6 Å². The molecule has 1 aliphatic rings. The zero-order valence-electron chi connectivity index (χ0n) is 22.6. The van der Waals surface area contributed by atoms with Gasteiger partial charge in [0.25, 0.3) is 17.1 Å². The molecule has 4 rings (SSSR count). The zero-order valence-corrected chi connectivity index (χ0v) is 23.4. The molecular formula is C30H29N3O6S. The predicted octanol–water partition coefficient (Wildman–Crippen LogP) is 5.31. The van der Waals surface area contributed by atoms with E-state index in [1.807, 2.05) is 63.2 Å². The van der Waals surface area contributed by atoms with Crippen LogP contribution in [0.4, 0.5) is 16.2 Å². The average Bonchev–Trinajstić information content (AvgIpc) is 3.18. The van der Waals surface area contributed by atoms with Crippen molar-refractivity contribution in [3.63, 3.8) is 0 Å². The molecule has 3 aromatic carbocycles. The highest BCUT2D eigenvalue weighted by Gasteiger charge is 2.36. The van der Waals surface area contributed by atoms with E-state index in [4.69, 9.17) is 9.47 Å². The molecule has 0 aliphatic carbocycles. The monoisotopic (exact) mass is 559 g/mol. The minimum Gasteiger partial charge on any atom is -0.493 e. The molecule has 0 unspecified atom stereocenters. The lowest BCUT2D eigenvalue weighted by atomic mass is 10.1. The second kappa shape index (κ2) is 12.5. The van der Waals surface area contributed by atoms with Crippen LogP contribution < -0.4 is 20.1 Å². The molecule has 1 heterocycles. The van der Waals surface area contributed by atoms with Gasteiger partial charge in [-0.25, -0.2) is 0 Å². The van der Waals surface area contributed by atoms with Crippen molar-refractivity contribution in [1.82, 2.24) is 4.90 Å². The van der Waals surface area contributed by atoms with Crippen molar-refractivity contribution in [2.24, 2.45) is 0 Å². The van der Waals surface area contributed by atoms with E-state index in [2.05, 4.69) is 10.6 Å². The van der Waals surface area contributed by atoms with Gasteiger partial charge in [-0.1, -0.05) is 35.9 Å². The fourth-order valence-corrected chi connectivity index (χ4v) is 4.70. The number of amides is 4.